The van der Waals surface area contributed by atoms with Gasteiger partial charge < -0.3 is 4.74 Å². The molecule has 0 aromatic heterocycles. The first-order valence-electron chi connectivity index (χ1n) is 7.66. The summed E-state index contributed by atoms with van der Waals surface area (Å²) in [5.41, 5.74) is 0.630. The molecule has 8 nitrogen and oxygen atoms in total. The highest BCUT2D eigenvalue weighted by atomic mass is 31.2. The highest BCUT2D eigenvalue weighted by molar-refractivity contribution is 7.54. The van der Waals surface area contributed by atoms with Crippen LogP contribution in [-0.4, -0.2) is 47.1 Å². The van der Waals surface area contributed by atoms with E-state index >= 15 is 0 Å². The molecule has 1 aromatic rings. The van der Waals surface area contributed by atoms with Gasteiger partial charge in [0, 0.05) is 32.2 Å². The predicted octanol–water partition coefficient (Wildman–Crippen LogP) is 2.81. The van der Waals surface area contributed by atoms with Crippen LogP contribution in [0.5, 0.6) is 5.75 Å². The van der Waals surface area contributed by atoms with Gasteiger partial charge in [0.1, 0.15) is 0 Å². The van der Waals surface area contributed by atoms with Crippen molar-refractivity contribution in [1.29, 1.82) is 0 Å². The van der Waals surface area contributed by atoms with Crippen LogP contribution in [0, 0.1) is 10.1 Å². The average Bonchev–Trinajstić information content (AvgIpc) is 3.40. The van der Waals surface area contributed by atoms with E-state index in [9.17, 15) is 14.7 Å². The van der Waals surface area contributed by atoms with Gasteiger partial charge in [-0.25, -0.2) is 9.34 Å². The van der Waals surface area contributed by atoms with Crippen LogP contribution >= 0.6 is 7.67 Å². The number of hydrogen-bond acceptors (Lipinski definition) is 5. The molecule has 2 aliphatic rings. The molecular weight excluding hydrogens is 321 g/mol. The van der Waals surface area contributed by atoms with Crippen LogP contribution in [-0.2, 0) is 9.09 Å². The first kappa shape index (κ1) is 16.4. The van der Waals surface area contributed by atoms with Gasteiger partial charge in [-0.05, 0) is 31.5 Å². The molecular formula is C14H20N3O5P. The third kappa shape index (κ3) is 3.40. The number of benzene rings is 1. The van der Waals surface area contributed by atoms with Crippen LogP contribution in [0.15, 0.2) is 18.2 Å². The van der Waals surface area contributed by atoms with Crippen molar-refractivity contribution in [2.75, 3.05) is 32.8 Å². The zero-order valence-electron chi connectivity index (χ0n) is 13.2. The molecule has 0 aliphatic carbocycles. The van der Waals surface area contributed by atoms with E-state index in [0.717, 1.165) is 26.2 Å². The Morgan fingerprint density at radius 1 is 1.30 bits per heavy atom. The second-order valence-corrected chi connectivity index (χ2v) is 7.89. The summed E-state index contributed by atoms with van der Waals surface area (Å²) in [5.74, 6) is 0.207. The quantitative estimate of drug-likeness (QED) is 0.311. The summed E-state index contributed by atoms with van der Waals surface area (Å²) in [6, 6.07) is 4.63. The van der Waals surface area contributed by atoms with Crippen LogP contribution in [0.4, 0.5) is 5.69 Å². The number of nitrogens with zero attached hydrogens (tertiary/aromatic N) is 3. The molecule has 2 saturated heterocycles. The Hall–Kier alpha value is -1.47. The molecule has 2 heterocycles. The Morgan fingerprint density at radius 2 is 1.91 bits per heavy atom. The van der Waals surface area contributed by atoms with Crippen molar-refractivity contribution in [2.45, 2.75) is 20.0 Å². The number of ether oxygens (including phenoxy) is 1. The summed E-state index contributed by atoms with van der Waals surface area (Å²) in [5, 5.41) is 11.0. The summed E-state index contributed by atoms with van der Waals surface area (Å²) in [6.07, 6.45) is -0.443. The second kappa shape index (κ2) is 6.20. The lowest BCUT2D eigenvalue weighted by Crippen LogP contribution is -2.11. The van der Waals surface area contributed by atoms with E-state index in [-0.39, 0.29) is 11.4 Å². The average molecular weight is 341 g/mol. The maximum atomic E-state index is 13.0. The van der Waals surface area contributed by atoms with Crippen LogP contribution in [0.3, 0.4) is 0 Å². The smallest absolute Gasteiger partial charge is 0.346 e. The van der Waals surface area contributed by atoms with Gasteiger partial charge in [-0.1, -0.05) is 0 Å². The van der Waals surface area contributed by atoms with Gasteiger partial charge in [-0.15, -0.1) is 0 Å². The molecule has 3 rings (SSSR count). The van der Waals surface area contributed by atoms with Crippen molar-refractivity contribution in [1.82, 2.24) is 9.34 Å². The van der Waals surface area contributed by atoms with Crippen molar-refractivity contribution in [3.8, 4) is 5.75 Å². The Bertz CT molecular complexity index is 644. The van der Waals surface area contributed by atoms with E-state index in [0.29, 0.717) is 12.2 Å². The van der Waals surface area contributed by atoms with Crippen molar-refractivity contribution in [3.63, 3.8) is 0 Å². The van der Waals surface area contributed by atoms with Crippen molar-refractivity contribution in [3.05, 3.63) is 33.9 Å². The van der Waals surface area contributed by atoms with E-state index in [2.05, 4.69) is 0 Å². The van der Waals surface area contributed by atoms with E-state index < -0.39 is 18.7 Å². The third-order valence-corrected chi connectivity index (χ3v) is 6.63. The molecule has 1 aromatic carbocycles. The molecule has 23 heavy (non-hydrogen) atoms. The van der Waals surface area contributed by atoms with Gasteiger partial charge in [0.15, 0.2) is 5.75 Å². The topological polar surface area (TPSA) is 84.7 Å². The molecule has 0 amide bonds. The summed E-state index contributed by atoms with van der Waals surface area (Å²) >= 11 is 0. The zero-order valence-corrected chi connectivity index (χ0v) is 14.1. The van der Waals surface area contributed by atoms with Gasteiger partial charge in [-0.2, -0.15) is 0 Å². The normalized spacial score (nSPS) is 19.4. The molecule has 1 unspecified atom stereocenters. The first-order valence-corrected chi connectivity index (χ1v) is 9.19. The predicted molar refractivity (Wildman–Crippen MR) is 84.5 cm³/mol. The fraction of sp³-hybridized carbons (Fsp3) is 0.571. The maximum Gasteiger partial charge on any atom is 0.346 e. The maximum absolute atomic E-state index is 13.0. The fourth-order valence-corrected chi connectivity index (χ4v) is 4.73. The summed E-state index contributed by atoms with van der Waals surface area (Å²) in [7, 11) is -2.93. The van der Waals surface area contributed by atoms with Crippen molar-refractivity contribution in [2.24, 2.45) is 0 Å². The minimum atomic E-state index is -2.93. The Balaban J connectivity index is 1.81. The highest BCUT2D eigenvalue weighted by Crippen LogP contribution is 2.63. The third-order valence-electron chi connectivity index (χ3n) is 3.81. The number of rotatable bonds is 8. The zero-order chi connectivity index (χ0) is 16.6. The molecule has 0 N–H and O–H groups in total. The van der Waals surface area contributed by atoms with Gasteiger partial charge in [-0.3, -0.25) is 19.2 Å². The van der Waals surface area contributed by atoms with E-state index in [1.807, 2.05) is 9.34 Å². The molecule has 2 fully saturated rings. The summed E-state index contributed by atoms with van der Waals surface area (Å²) in [4.78, 5) is 10.6. The standard InChI is InChI=1S/C14H20N3O5P/c1-3-21-14-10-12(4-5-13(14)17(18)19)11(2)22-23(20,15-6-7-15)16-8-9-16/h4-5,10-11H,3,6-9H2,1-2H3. The number of nitro groups is 1. The molecule has 1 atom stereocenters. The molecule has 0 saturated carbocycles. The highest BCUT2D eigenvalue weighted by Gasteiger charge is 2.50. The minimum absolute atomic E-state index is 0.0807. The first-order chi connectivity index (χ1) is 11.0. The molecule has 0 radical (unpaired) electrons. The number of nitro benzene ring substituents is 1. The van der Waals surface area contributed by atoms with Gasteiger partial charge >= 0.3 is 13.4 Å². The van der Waals surface area contributed by atoms with Crippen molar-refractivity contribution >= 4 is 13.4 Å². The van der Waals surface area contributed by atoms with Gasteiger partial charge in [0.25, 0.3) is 0 Å². The Kier molecular flexibility index (Phi) is 4.42. The lowest BCUT2D eigenvalue weighted by Gasteiger charge is -2.24. The van der Waals surface area contributed by atoms with Crippen LogP contribution in [0.25, 0.3) is 0 Å². The van der Waals surface area contributed by atoms with Crippen LogP contribution in [0.1, 0.15) is 25.5 Å². The fourth-order valence-electron chi connectivity index (χ4n) is 2.38. The molecule has 2 aliphatic heterocycles. The number of hydrogen-bond donors (Lipinski definition) is 0. The molecule has 0 bridgehead atoms. The Labute approximate surface area is 134 Å². The minimum Gasteiger partial charge on any atom is -0.487 e. The van der Waals surface area contributed by atoms with Crippen LogP contribution < -0.4 is 4.74 Å². The van der Waals surface area contributed by atoms with E-state index in [1.165, 1.54) is 6.07 Å². The van der Waals surface area contributed by atoms with Crippen molar-refractivity contribution < 1.29 is 18.7 Å². The lowest BCUT2D eigenvalue weighted by atomic mass is 10.1. The van der Waals surface area contributed by atoms with Gasteiger partial charge in [0.05, 0.1) is 17.6 Å². The van der Waals surface area contributed by atoms with E-state index in [4.69, 9.17) is 9.26 Å². The van der Waals surface area contributed by atoms with Crippen LogP contribution in [0.2, 0.25) is 0 Å². The summed E-state index contributed by atoms with van der Waals surface area (Å²) in [6.45, 7) is 7.03. The monoisotopic (exact) mass is 341 g/mol. The Morgan fingerprint density at radius 3 is 2.39 bits per heavy atom. The van der Waals surface area contributed by atoms with Gasteiger partial charge in [0.2, 0.25) is 0 Å². The van der Waals surface area contributed by atoms with E-state index in [1.54, 1.807) is 26.0 Å². The SMILES string of the molecule is CCOc1cc(C(C)OP(=O)(N2CC2)N2CC2)ccc1[N+](=O)[O-]. The molecule has 0 spiro atoms. The largest absolute Gasteiger partial charge is 0.487 e. The molecule has 9 heteroatoms. The molecule has 126 valence electrons. The summed E-state index contributed by atoms with van der Waals surface area (Å²) < 4.78 is 27.9. The second-order valence-electron chi connectivity index (χ2n) is 5.56. The lowest BCUT2D eigenvalue weighted by molar-refractivity contribution is -0.385.